The Bertz CT molecular complexity index is 1180. The molecule has 0 aliphatic heterocycles. The summed E-state index contributed by atoms with van der Waals surface area (Å²) in [5, 5.41) is 10.8. The van der Waals surface area contributed by atoms with Gasteiger partial charge in [-0.15, -0.1) is 0 Å². The molecule has 0 radical (unpaired) electrons. The second-order valence-electron chi connectivity index (χ2n) is 7.15. The van der Waals surface area contributed by atoms with E-state index in [1.165, 1.54) is 0 Å². The SMILES string of the molecule is O=C(O)CCc1ccc(OCCOc2ccc(Cl)cc2)c(-c2ccc3[nH]ccc3c2)c1. The molecule has 0 amide bonds. The Hall–Kier alpha value is -3.44. The van der Waals surface area contributed by atoms with Crippen LogP contribution in [0, 0.1) is 0 Å². The number of hydrogen-bond acceptors (Lipinski definition) is 3. The molecule has 1 heterocycles. The van der Waals surface area contributed by atoms with Gasteiger partial charge < -0.3 is 19.6 Å². The summed E-state index contributed by atoms with van der Waals surface area (Å²) in [6, 6.07) is 21.2. The van der Waals surface area contributed by atoms with Crippen LogP contribution in [0.4, 0.5) is 0 Å². The van der Waals surface area contributed by atoms with Crippen LogP contribution in [0.5, 0.6) is 11.5 Å². The van der Waals surface area contributed by atoms with Gasteiger partial charge in [-0.25, -0.2) is 0 Å². The summed E-state index contributed by atoms with van der Waals surface area (Å²) in [4.78, 5) is 14.2. The van der Waals surface area contributed by atoms with Crippen molar-refractivity contribution in [2.45, 2.75) is 12.8 Å². The van der Waals surface area contributed by atoms with Crippen LogP contribution >= 0.6 is 11.6 Å². The summed E-state index contributed by atoms with van der Waals surface area (Å²) >= 11 is 5.90. The van der Waals surface area contributed by atoms with Gasteiger partial charge in [0, 0.05) is 28.7 Å². The largest absolute Gasteiger partial charge is 0.490 e. The van der Waals surface area contributed by atoms with Gasteiger partial charge in [-0.05, 0) is 77.5 Å². The lowest BCUT2D eigenvalue weighted by Gasteiger charge is -2.14. The Morgan fingerprint density at radius 1 is 0.935 bits per heavy atom. The van der Waals surface area contributed by atoms with Crippen LogP contribution < -0.4 is 9.47 Å². The number of aromatic amines is 1. The number of hydrogen-bond donors (Lipinski definition) is 2. The molecule has 0 spiro atoms. The maximum Gasteiger partial charge on any atom is 0.303 e. The van der Waals surface area contributed by atoms with E-state index in [1.54, 1.807) is 12.1 Å². The van der Waals surface area contributed by atoms with Gasteiger partial charge in [-0.2, -0.15) is 0 Å². The number of fused-ring (bicyclic) bond motifs is 1. The third kappa shape index (κ3) is 5.38. The van der Waals surface area contributed by atoms with Crippen molar-refractivity contribution in [3.8, 4) is 22.6 Å². The maximum atomic E-state index is 11.0. The molecule has 3 aromatic carbocycles. The predicted octanol–water partition coefficient (Wildman–Crippen LogP) is 5.96. The zero-order chi connectivity index (χ0) is 21.6. The summed E-state index contributed by atoms with van der Waals surface area (Å²) in [6.45, 7) is 0.759. The average molecular weight is 436 g/mol. The summed E-state index contributed by atoms with van der Waals surface area (Å²) in [7, 11) is 0. The van der Waals surface area contributed by atoms with Gasteiger partial charge in [0.15, 0.2) is 0 Å². The molecule has 2 N–H and O–H groups in total. The summed E-state index contributed by atoms with van der Waals surface area (Å²) < 4.78 is 11.7. The summed E-state index contributed by atoms with van der Waals surface area (Å²) in [6.07, 6.45) is 2.46. The molecule has 0 aliphatic rings. The highest BCUT2D eigenvalue weighted by Crippen LogP contribution is 2.33. The summed E-state index contributed by atoms with van der Waals surface area (Å²) in [5.41, 5.74) is 3.95. The number of benzene rings is 3. The van der Waals surface area contributed by atoms with E-state index < -0.39 is 5.97 Å². The van der Waals surface area contributed by atoms with E-state index >= 15 is 0 Å². The van der Waals surface area contributed by atoms with E-state index in [0.29, 0.717) is 24.7 Å². The van der Waals surface area contributed by atoms with Gasteiger partial charge in [0.1, 0.15) is 24.7 Å². The number of aromatic nitrogens is 1. The van der Waals surface area contributed by atoms with Crippen LogP contribution in [0.2, 0.25) is 5.02 Å². The molecule has 4 rings (SSSR count). The smallest absolute Gasteiger partial charge is 0.303 e. The highest BCUT2D eigenvalue weighted by molar-refractivity contribution is 6.30. The van der Waals surface area contributed by atoms with E-state index in [2.05, 4.69) is 11.1 Å². The number of carboxylic acid groups (broad SMARTS) is 1. The first kappa shape index (κ1) is 20.8. The number of ether oxygens (including phenoxy) is 2. The molecule has 0 atom stereocenters. The van der Waals surface area contributed by atoms with Crippen molar-refractivity contribution >= 4 is 28.5 Å². The minimum absolute atomic E-state index is 0.0887. The lowest BCUT2D eigenvalue weighted by Crippen LogP contribution is -2.09. The van der Waals surface area contributed by atoms with Crippen LogP contribution in [0.3, 0.4) is 0 Å². The number of halogens is 1. The van der Waals surface area contributed by atoms with Crippen molar-refractivity contribution in [2.75, 3.05) is 13.2 Å². The van der Waals surface area contributed by atoms with Crippen LogP contribution in [-0.2, 0) is 11.2 Å². The van der Waals surface area contributed by atoms with Crippen molar-refractivity contribution in [1.29, 1.82) is 0 Å². The van der Waals surface area contributed by atoms with Crippen molar-refractivity contribution < 1.29 is 19.4 Å². The van der Waals surface area contributed by atoms with Gasteiger partial charge in [0.2, 0.25) is 0 Å². The number of nitrogens with one attached hydrogen (secondary N) is 1. The van der Waals surface area contributed by atoms with E-state index in [4.69, 9.17) is 26.2 Å². The molecule has 158 valence electrons. The Kier molecular flexibility index (Phi) is 6.43. The van der Waals surface area contributed by atoms with Gasteiger partial charge >= 0.3 is 5.97 Å². The second kappa shape index (κ2) is 9.58. The van der Waals surface area contributed by atoms with Gasteiger partial charge in [0.05, 0.1) is 0 Å². The van der Waals surface area contributed by atoms with Crippen LogP contribution in [0.1, 0.15) is 12.0 Å². The lowest BCUT2D eigenvalue weighted by molar-refractivity contribution is -0.136. The van der Waals surface area contributed by atoms with Crippen molar-refractivity contribution in [3.05, 3.63) is 83.5 Å². The quantitative estimate of drug-likeness (QED) is 0.318. The molecule has 0 unspecified atom stereocenters. The number of aliphatic carboxylic acids is 1. The van der Waals surface area contributed by atoms with E-state index in [1.807, 2.05) is 54.7 Å². The zero-order valence-corrected chi connectivity index (χ0v) is 17.6. The molecule has 1 aromatic heterocycles. The van der Waals surface area contributed by atoms with Gasteiger partial charge in [-0.3, -0.25) is 4.79 Å². The van der Waals surface area contributed by atoms with Crippen LogP contribution in [0.25, 0.3) is 22.0 Å². The van der Waals surface area contributed by atoms with Crippen molar-refractivity contribution in [2.24, 2.45) is 0 Å². The topological polar surface area (TPSA) is 71.6 Å². The molecule has 31 heavy (non-hydrogen) atoms. The highest BCUT2D eigenvalue weighted by Gasteiger charge is 2.11. The maximum absolute atomic E-state index is 11.0. The fraction of sp³-hybridized carbons (Fsp3) is 0.160. The fourth-order valence-electron chi connectivity index (χ4n) is 3.40. The third-order valence-electron chi connectivity index (χ3n) is 4.96. The number of aryl methyl sites for hydroxylation is 1. The molecule has 0 bridgehead atoms. The average Bonchev–Trinajstić information content (AvgIpc) is 3.25. The first-order valence-corrected chi connectivity index (χ1v) is 10.4. The zero-order valence-electron chi connectivity index (χ0n) is 16.8. The Balaban J connectivity index is 1.52. The molecule has 5 nitrogen and oxygen atoms in total. The Labute approximate surface area is 185 Å². The summed E-state index contributed by atoms with van der Waals surface area (Å²) in [5.74, 6) is 0.652. The fourth-order valence-corrected chi connectivity index (χ4v) is 3.52. The first-order chi connectivity index (χ1) is 15.1. The lowest BCUT2D eigenvalue weighted by atomic mass is 9.99. The molecule has 0 saturated carbocycles. The minimum Gasteiger partial charge on any atom is -0.490 e. The monoisotopic (exact) mass is 435 g/mol. The third-order valence-corrected chi connectivity index (χ3v) is 5.21. The minimum atomic E-state index is -0.810. The van der Waals surface area contributed by atoms with Crippen molar-refractivity contribution in [1.82, 2.24) is 4.98 Å². The number of carbonyl (C=O) groups is 1. The predicted molar refractivity (Wildman–Crippen MR) is 122 cm³/mol. The Morgan fingerprint density at radius 3 is 2.55 bits per heavy atom. The van der Waals surface area contributed by atoms with Crippen molar-refractivity contribution in [3.63, 3.8) is 0 Å². The number of carboxylic acids is 1. The normalized spacial score (nSPS) is 10.9. The molecular weight excluding hydrogens is 414 g/mol. The first-order valence-electron chi connectivity index (χ1n) is 10.0. The van der Waals surface area contributed by atoms with Gasteiger partial charge in [-0.1, -0.05) is 23.7 Å². The van der Waals surface area contributed by atoms with Crippen LogP contribution in [-0.4, -0.2) is 29.3 Å². The molecule has 0 aliphatic carbocycles. The molecule has 0 fully saturated rings. The molecular formula is C25H22ClNO4. The second-order valence-corrected chi connectivity index (χ2v) is 7.59. The molecule has 6 heteroatoms. The Morgan fingerprint density at radius 2 is 1.74 bits per heavy atom. The van der Waals surface area contributed by atoms with Crippen LogP contribution in [0.15, 0.2) is 72.9 Å². The van der Waals surface area contributed by atoms with E-state index in [9.17, 15) is 4.79 Å². The standard InChI is InChI=1S/C25H22ClNO4/c26-20-4-6-21(7-5-20)30-13-14-31-24-9-1-17(2-10-25(28)29)15-22(24)18-3-8-23-19(16-18)11-12-27-23/h1,3-9,11-12,15-16,27H,2,10,13-14H2,(H,28,29). The number of H-pyrrole nitrogens is 1. The van der Waals surface area contributed by atoms with E-state index in [0.717, 1.165) is 39.1 Å². The van der Waals surface area contributed by atoms with E-state index in [-0.39, 0.29) is 6.42 Å². The van der Waals surface area contributed by atoms with Gasteiger partial charge in [0.25, 0.3) is 0 Å². The molecule has 0 saturated heterocycles. The molecule has 4 aromatic rings. The highest BCUT2D eigenvalue weighted by atomic mass is 35.5. The number of rotatable bonds is 9.